The molecule has 2 aromatic heterocycles. The number of ether oxygens (including phenoxy) is 1. The number of hydrogen-bond acceptors (Lipinski definition) is 6. The summed E-state index contributed by atoms with van der Waals surface area (Å²) in [4.78, 5) is 32.1. The predicted octanol–water partition coefficient (Wildman–Crippen LogP) is 3.50. The van der Waals surface area contributed by atoms with E-state index in [1.54, 1.807) is 17.3 Å². The molecule has 8 nitrogen and oxygen atoms in total. The summed E-state index contributed by atoms with van der Waals surface area (Å²) in [5.41, 5.74) is -0.696. The second-order valence-electron chi connectivity index (χ2n) is 8.31. The number of fused-ring (bicyclic) bond motifs is 1. The minimum Gasteiger partial charge on any atom is -0.477 e. The number of piperazine rings is 1. The van der Waals surface area contributed by atoms with E-state index in [1.807, 2.05) is 12.1 Å². The first-order valence-corrected chi connectivity index (χ1v) is 10.8. The summed E-state index contributed by atoms with van der Waals surface area (Å²) >= 11 is 0. The largest absolute Gasteiger partial charge is 0.477 e. The van der Waals surface area contributed by atoms with Gasteiger partial charge in [-0.3, -0.25) is 9.78 Å². The summed E-state index contributed by atoms with van der Waals surface area (Å²) in [6, 6.07) is 4.46. The third kappa shape index (κ3) is 3.91. The molecule has 34 heavy (non-hydrogen) atoms. The van der Waals surface area contributed by atoms with Crippen molar-refractivity contribution in [3.8, 4) is 5.75 Å². The topological polar surface area (TPSA) is 87.9 Å². The first-order valence-electron chi connectivity index (χ1n) is 10.8. The van der Waals surface area contributed by atoms with E-state index in [0.717, 1.165) is 18.0 Å². The molecular weight excluding hydrogens is 453 g/mol. The van der Waals surface area contributed by atoms with Gasteiger partial charge in [-0.15, -0.1) is 0 Å². The van der Waals surface area contributed by atoms with Crippen molar-refractivity contribution >= 4 is 28.2 Å². The second-order valence-corrected chi connectivity index (χ2v) is 8.31. The van der Waals surface area contributed by atoms with E-state index in [2.05, 4.69) is 9.88 Å². The third-order valence-corrected chi connectivity index (χ3v) is 6.20. The highest BCUT2D eigenvalue weighted by Crippen LogP contribution is 2.44. The zero-order valence-electron chi connectivity index (χ0n) is 18.0. The van der Waals surface area contributed by atoms with Crippen molar-refractivity contribution in [2.75, 3.05) is 36.0 Å². The van der Waals surface area contributed by atoms with Crippen LogP contribution < -0.4 is 20.0 Å². The van der Waals surface area contributed by atoms with E-state index in [9.17, 15) is 23.5 Å². The maximum absolute atomic E-state index is 15.4. The Labute approximate surface area is 191 Å². The van der Waals surface area contributed by atoms with E-state index in [0.29, 0.717) is 39.0 Å². The molecule has 2 fully saturated rings. The Bertz CT molecular complexity index is 1300. The van der Waals surface area contributed by atoms with Gasteiger partial charge in [-0.25, -0.2) is 9.18 Å². The summed E-state index contributed by atoms with van der Waals surface area (Å²) in [5, 5.41) is 9.15. The molecule has 1 saturated carbocycles. The fraction of sp³-hybridized carbons (Fsp3) is 0.348. The molecule has 0 amide bonds. The Morgan fingerprint density at radius 2 is 1.76 bits per heavy atom. The van der Waals surface area contributed by atoms with Crippen LogP contribution in [0.3, 0.4) is 0 Å². The SMILES string of the molecule is O=C(O)c1cn(C2CC2)c2c(OC(F)F)c(N3CCN(c4ccncc4)CC3)c(F)cc2c1=O. The first-order chi connectivity index (χ1) is 16.3. The van der Waals surface area contributed by atoms with E-state index < -0.39 is 35.1 Å². The Kier molecular flexibility index (Phi) is 5.54. The molecule has 3 heterocycles. The Morgan fingerprint density at radius 3 is 2.35 bits per heavy atom. The number of aromatic carboxylic acids is 1. The lowest BCUT2D eigenvalue weighted by molar-refractivity contribution is -0.0488. The average molecular weight is 474 g/mol. The van der Waals surface area contributed by atoms with Gasteiger partial charge in [-0.1, -0.05) is 0 Å². The van der Waals surface area contributed by atoms with Gasteiger partial charge in [-0.05, 0) is 31.0 Å². The molecule has 0 spiro atoms. The maximum atomic E-state index is 15.4. The van der Waals surface area contributed by atoms with Crippen LogP contribution in [-0.4, -0.2) is 53.4 Å². The van der Waals surface area contributed by atoms with Gasteiger partial charge in [0.05, 0.1) is 10.9 Å². The Hall–Kier alpha value is -3.76. The lowest BCUT2D eigenvalue weighted by atomic mass is 10.1. The van der Waals surface area contributed by atoms with Crippen molar-refractivity contribution in [1.82, 2.24) is 9.55 Å². The van der Waals surface area contributed by atoms with Crippen LogP contribution in [-0.2, 0) is 0 Å². The standard InChI is InChI=1S/C23H21F3N4O4/c24-17-11-15-18(30(14-1-2-14)12-16(20(15)31)22(32)33)21(34-23(25)26)19(17)29-9-7-28(8-10-29)13-3-5-27-6-4-13/h3-6,11-12,14,23H,1-2,7-10H2,(H,32,33). The molecule has 0 radical (unpaired) electrons. The molecule has 1 aliphatic heterocycles. The third-order valence-electron chi connectivity index (χ3n) is 6.20. The maximum Gasteiger partial charge on any atom is 0.387 e. The summed E-state index contributed by atoms with van der Waals surface area (Å²) in [6.45, 7) is -1.61. The smallest absolute Gasteiger partial charge is 0.387 e. The molecule has 0 atom stereocenters. The number of carboxylic acids is 1. The number of alkyl halides is 2. The molecule has 11 heteroatoms. The number of rotatable bonds is 6. The van der Waals surface area contributed by atoms with E-state index in [1.165, 1.54) is 4.57 Å². The van der Waals surface area contributed by atoms with Crippen molar-refractivity contribution in [2.24, 2.45) is 0 Å². The minimum absolute atomic E-state index is 0.00855. The highest BCUT2D eigenvalue weighted by atomic mass is 19.3. The first kappa shape index (κ1) is 22.1. The zero-order chi connectivity index (χ0) is 24.0. The van der Waals surface area contributed by atoms with Crippen LogP contribution in [0.1, 0.15) is 29.2 Å². The molecule has 0 unspecified atom stereocenters. The van der Waals surface area contributed by atoms with Gasteiger partial charge in [-0.2, -0.15) is 8.78 Å². The van der Waals surface area contributed by atoms with Crippen LogP contribution in [0.4, 0.5) is 24.5 Å². The number of benzene rings is 1. The predicted molar refractivity (Wildman–Crippen MR) is 119 cm³/mol. The minimum atomic E-state index is -3.26. The van der Waals surface area contributed by atoms with Gasteiger partial charge in [0.15, 0.2) is 11.6 Å². The molecule has 0 bridgehead atoms. The fourth-order valence-corrected chi connectivity index (χ4v) is 4.47. The highest BCUT2D eigenvalue weighted by Gasteiger charge is 2.33. The van der Waals surface area contributed by atoms with Gasteiger partial charge in [0.2, 0.25) is 5.43 Å². The number of carboxylic acid groups (broad SMARTS) is 1. The van der Waals surface area contributed by atoms with Gasteiger partial charge < -0.3 is 24.2 Å². The number of halogens is 3. The number of nitrogens with zero attached hydrogens (tertiary/aromatic N) is 4. The van der Waals surface area contributed by atoms with E-state index in [4.69, 9.17) is 4.74 Å². The number of hydrogen-bond donors (Lipinski definition) is 1. The molecule has 1 aliphatic carbocycles. The van der Waals surface area contributed by atoms with Gasteiger partial charge in [0.25, 0.3) is 0 Å². The highest BCUT2D eigenvalue weighted by molar-refractivity contribution is 5.97. The van der Waals surface area contributed by atoms with Crippen LogP contribution in [0.25, 0.3) is 10.9 Å². The number of carbonyl (C=O) groups is 1. The van der Waals surface area contributed by atoms with Crippen LogP contribution in [0.5, 0.6) is 5.75 Å². The van der Waals surface area contributed by atoms with Gasteiger partial charge >= 0.3 is 12.6 Å². The summed E-state index contributed by atoms with van der Waals surface area (Å²) < 4.78 is 48.7. The van der Waals surface area contributed by atoms with E-state index >= 15 is 4.39 Å². The van der Waals surface area contributed by atoms with Crippen LogP contribution in [0.2, 0.25) is 0 Å². The van der Waals surface area contributed by atoms with E-state index in [-0.39, 0.29) is 22.6 Å². The number of pyridine rings is 2. The molecule has 3 aromatic rings. The summed E-state index contributed by atoms with van der Waals surface area (Å²) in [5.74, 6) is -2.82. The molecular formula is C23H21F3N4O4. The van der Waals surface area contributed by atoms with Crippen molar-refractivity contribution in [1.29, 1.82) is 0 Å². The lowest BCUT2D eigenvalue weighted by Gasteiger charge is -2.38. The Morgan fingerprint density at radius 1 is 1.12 bits per heavy atom. The summed E-state index contributed by atoms with van der Waals surface area (Å²) in [6.07, 6.45) is 5.85. The molecule has 178 valence electrons. The molecule has 1 saturated heterocycles. The number of aromatic nitrogens is 2. The molecule has 1 N–H and O–H groups in total. The fourth-order valence-electron chi connectivity index (χ4n) is 4.47. The normalized spacial score (nSPS) is 16.4. The van der Waals surface area contributed by atoms with Crippen molar-refractivity contribution in [3.63, 3.8) is 0 Å². The summed E-state index contributed by atoms with van der Waals surface area (Å²) in [7, 11) is 0. The molecule has 5 rings (SSSR count). The number of anilines is 2. The van der Waals surface area contributed by atoms with Gasteiger partial charge in [0, 0.05) is 56.5 Å². The quantitative estimate of drug-likeness (QED) is 0.585. The van der Waals surface area contributed by atoms with Crippen molar-refractivity contribution < 1.29 is 27.8 Å². The van der Waals surface area contributed by atoms with Crippen molar-refractivity contribution in [3.05, 3.63) is 58.4 Å². The second kappa shape index (κ2) is 8.54. The average Bonchev–Trinajstić information content (AvgIpc) is 3.65. The Balaban J connectivity index is 1.63. The monoisotopic (exact) mass is 474 g/mol. The van der Waals surface area contributed by atoms with Crippen LogP contribution in [0, 0.1) is 5.82 Å². The van der Waals surface area contributed by atoms with Crippen LogP contribution >= 0.6 is 0 Å². The van der Waals surface area contributed by atoms with Gasteiger partial charge in [0.1, 0.15) is 11.3 Å². The molecule has 2 aliphatic rings. The van der Waals surface area contributed by atoms with Crippen molar-refractivity contribution in [2.45, 2.75) is 25.5 Å². The molecule has 1 aromatic carbocycles. The zero-order valence-corrected chi connectivity index (χ0v) is 18.0. The lowest BCUT2D eigenvalue weighted by Crippen LogP contribution is -2.47. The van der Waals surface area contributed by atoms with Crippen LogP contribution in [0.15, 0.2) is 41.6 Å².